The first-order valence-corrected chi connectivity index (χ1v) is 40.4. The van der Waals surface area contributed by atoms with Crippen LogP contribution in [-0.2, 0) is 75.2 Å². The van der Waals surface area contributed by atoms with Crippen LogP contribution in [0.25, 0.3) is 43.6 Å². The molecule has 4 aliphatic rings. The highest BCUT2D eigenvalue weighted by Crippen LogP contribution is 2.41. The summed E-state index contributed by atoms with van der Waals surface area (Å²) in [6.07, 6.45) is 18.7. The Morgan fingerprint density at radius 2 is 0.752 bits per heavy atom. The average Bonchev–Trinajstić information content (AvgIpc) is 1.68. The Kier molecular flexibility index (Phi) is 26.7. The molecule has 13 aromatic rings. The maximum atomic E-state index is 12.8. The number of para-hydroxylation sites is 6. The van der Waals surface area contributed by atoms with Crippen molar-refractivity contribution in [1.82, 2.24) is 40.0 Å². The van der Waals surface area contributed by atoms with E-state index in [1.54, 1.807) is 52.0 Å². The van der Waals surface area contributed by atoms with E-state index in [1.165, 1.54) is 60.4 Å². The lowest BCUT2D eigenvalue weighted by molar-refractivity contribution is -0.132. The van der Waals surface area contributed by atoms with Crippen LogP contribution in [0.4, 0.5) is 11.4 Å². The van der Waals surface area contributed by atoms with E-state index in [2.05, 4.69) is 103 Å². The SMILES string of the molecule is CC(=O)N(CCc1c[nH]c2ccccc12)C1CCc2cc(C(=O)Nc3ccccc3N)ccc21.CC(=O)N(CCc1c[nH]c2ccccc12)C1CCc2cc(C(=O)O)ccc21.CCOC(=O)c1ccc2c(c1)CCC2N(CCc1c[nH]c2ccccc12)C(C)=O.CCOC(=O)c1ccc2c(c1)CCC2NCCc1c[nH]c2ccccc12.Cl. The molecule has 0 bridgehead atoms. The molecule has 0 saturated carbocycles. The van der Waals surface area contributed by atoms with Gasteiger partial charge in [0.1, 0.15) is 0 Å². The summed E-state index contributed by atoms with van der Waals surface area (Å²) in [6, 6.07) is 63.5. The number of aromatic carboxylic acids is 1. The van der Waals surface area contributed by atoms with Gasteiger partial charge in [-0.15, -0.1) is 12.4 Å². The Morgan fingerprint density at radius 3 is 1.15 bits per heavy atom. The van der Waals surface area contributed by atoms with Gasteiger partial charge in [0.05, 0.1) is 59.4 Å². The summed E-state index contributed by atoms with van der Waals surface area (Å²) in [5.74, 6) is -1.42. The summed E-state index contributed by atoms with van der Waals surface area (Å²) in [7, 11) is 0. The predicted molar refractivity (Wildman–Crippen MR) is 463 cm³/mol. The molecule has 0 spiro atoms. The Balaban J connectivity index is 0.000000136. The first-order chi connectivity index (χ1) is 56.4. The van der Waals surface area contributed by atoms with Crippen molar-refractivity contribution in [1.29, 1.82) is 0 Å². The van der Waals surface area contributed by atoms with Gasteiger partial charge in [-0.2, -0.15) is 0 Å². The molecule has 4 heterocycles. The number of amides is 4. The standard InChI is InChI=1S/C28H28N4O2.C24H26N2O3.C22H22N2O3.C22H24N2O2.ClH/c1-18(33)32(15-14-21-17-30-25-8-4-2-6-22(21)25)27-13-11-19-16-20(10-12-23(19)27)28(34)31-26-9-5-3-7-24(26)29;1-3-29-24(28)18-8-10-21-17(14-18)9-11-23(21)26(16(2)27)13-12-19-15-25-22-7-5-4-6-20(19)22;1-14(25)24(11-10-17-13-23-20-5-3-2-4-18(17)20)21-9-7-15-12-16(22(26)27)6-8-19(15)21;1-2-26-22(25)16-7-9-19-15(13-16)8-10-21(19)23-12-11-17-14-24-20-6-4-3-5-18(17)20;/h2-10,12,16-17,27,30H,11,13-15,29H2,1H3,(H,31,34);4-8,10,14-15,23,25H,3,9,11-13H2,1-2H3;2-6,8,12-13,21,23H,7,9-11H2,1H3,(H,26,27);3-7,9,13-14,21,23-24H,2,8,10-12H2,1H3;1H. The summed E-state index contributed by atoms with van der Waals surface area (Å²) in [5, 5.41) is 20.7. The third-order valence-corrected chi connectivity index (χ3v) is 23.2. The van der Waals surface area contributed by atoms with E-state index in [9.17, 15) is 38.7 Å². The molecule has 4 atom stereocenters. The van der Waals surface area contributed by atoms with Crippen LogP contribution in [-0.4, -0.2) is 121 Å². The van der Waals surface area contributed by atoms with Crippen LogP contribution in [0, 0.1) is 0 Å². The number of esters is 2. The van der Waals surface area contributed by atoms with Crippen LogP contribution in [0.15, 0.2) is 219 Å². The van der Waals surface area contributed by atoms with Gasteiger partial charge in [0.2, 0.25) is 17.7 Å². The number of nitrogens with one attached hydrogen (secondary N) is 6. The number of nitrogens with two attached hydrogens (primary N) is 1. The minimum Gasteiger partial charge on any atom is -0.478 e. The molecular formula is C96H101ClN10O10. The predicted octanol–water partition coefficient (Wildman–Crippen LogP) is 18.0. The molecule has 0 aliphatic heterocycles. The summed E-state index contributed by atoms with van der Waals surface area (Å²) in [4.78, 5) is 104. The van der Waals surface area contributed by atoms with Crippen LogP contribution in [0.1, 0.15) is 193 Å². The topological polar surface area (TPSA) is 281 Å². The molecule has 4 aliphatic carbocycles. The molecule has 17 rings (SSSR count). The number of rotatable bonds is 23. The van der Waals surface area contributed by atoms with Crippen molar-refractivity contribution in [3.05, 3.63) is 308 Å². The highest BCUT2D eigenvalue weighted by Gasteiger charge is 2.34. The van der Waals surface area contributed by atoms with Crippen molar-refractivity contribution in [2.75, 3.05) is 50.4 Å². The van der Waals surface area contributed by atoms with Crippen molar-refractivity contribution in [3.8, 4) is 0 Å². The van der Waals surface area contributed by atoms with Crippen molar-refractivity contribution in [3.63, 3.8) is 0 Å². The van der Waals surface area contributed by atoms with Gasteiger partial charge < -0.3 is 65.6 Å². The maximum Gasteiger partial charge on any atom is 0.338 e. The van der Waals surface area contributed by atoms with Crippen LogP contribution >= 0.6 is 12.4 Å². The molecule has 602 valence electrons. The van der Waals surface area contributed by atoms with E-state index >= 15 is 0 Å². The Labute approximate surface area is 687 Å². The lowest BCUT2D eigenvalue weighted by Crippen LogP contribution is -2.34. The van der Waals surface area contributed by atoms with Gasteiger partial charge in [0.15, 0.2) is 0 Å². The Hall–Kier alpha value is -12.5. The number of ether oxygens (including phenoxy) is 2. The number of aryl methyl sites for hydroxylation is 4. The molecule has 0 fully saturated rings. The third-order valence-electron chi connectivity index (χ3n) is 23.2. The van der Waals surface area contributed by atoms with E-state index in [0.717, 1.165) is 134 Å². The molecule has 4 amide bonds. The molecule has 20 nitrogen and oxygen atoms in total. The minimum absolute atomic E-state index is 0. The van der Waals surface area contributed by atoms with Gasteiger partial charge in [-0.1, -0.05) is 109 Å². The zero-order valence-electron chi connectivity index (χ0n) is 66.8. The first kappa shape index (κ1) is 82.5. The fourth-order valence-electron chi connectivity index (χ4n) is 17.4. The van der Waals surface area contributed by atoms with E-state index < -0.39 is 5.97 Å². The molecule has 4 aromatic heterocycles. The van der Waals surface area contributed by atoms with E-state index in [4.69, 9.17) is 15.2 Å². The number of carbonyl (C=O) groups is 7. The number of nitrogens with zero attached hydrogens (tertiary/aromatic N) is 3. The second kappa shape index (κ2) is 37.8. The maximum absolute atomic E-state index is 12.8. The van der Waals surface area contributed by atoms with Gasteiger partial charge in [0, 0.05) is 120 Å². The number of benzene rings is 9. The van der Waals surface area contributed by atoms with E-state index in [0.29, 0.717) is 72.5 Å². The quantitative estimate of drug-likeness (QED) is 0.0219. The average molecular weight is 1590 g/mol. The van der Waals surface area contributed by atoms with Crippen molar-refractivity contribution < 1.29 is 48.1 Å². The van der Waals surface area contributed by atoms with Gasteiger partial charge in [-0.3, -0.25) is 19.2 Å². The first-order valence-electron chi connectivity index (χ1n) is 40.4. The molecule has 4 unspecified atom stereocenters. The second-order valence-corrected chi connectivity index (χ2v) is 30.2. The van der Waals surface area contributed by atoms with Gasteiger partial charge in [-0.05, 0) is 249 Å². The summed E-state index contributed by atoms with van der Waals surface area (Å²) in [6.45, 7) is 12.2. The van der Waals surface area contributed by atoms with E-state index in [-0.39, 0.29) is 66.1 Å². The number of carboxylic acid groups (broad SMARTS) is 1. The van der Waals surface area contributed by atoms with Crippen molar-refractivity contribution in [2.24, 2.45) is 0 Å². The fraction of sp³-hybridized carbons (Fsp3) is 0.281. The largest absolute Gasteiger partial charge is 0.478 e. The summed E-state index contributed by atoms with van der Waals surface area (Å²) < 4.78 is 10.2. The molecular weight excluding hydrogens is 1490 g/mol. The van der Waals surface area contributed by atoms with Crippen LogP contribution in [0.3, 0.4) is 0 Å². The number of hydrogen-bond acceptors (Lipinski definition) is 11. The van der Waals surface area contributed by atoms with Crippen LogP contribution < -0.4 is 16.4 Å². The zero-order valence-corrected chi connectivity index (χ0v) is 67.6. The minimum atomic E-state index is -0.913. The monoisotopic (exact) mass is 1590 g/mol. The number of hydrogen-bond donors (Lipinski definition) is 8. The van der Waals surface area contributed by atoms with Crippen LogP contribution in [0.2, 0.25) is 0 Å². The summed E-state index contributed by atoms with van der Waals surface area (Å²) in [5.41, 5.74) is 28.0. The number of H-pyrrole nitrogens is 4. The van der Waals surface area contributed by atoms with Crippen molar-refractivity contribution in [2.45, 2.75) is 136 Å². The summed E-state index contributed by atoms with van der Waals surface area (Å²) >= 11 is 0. The van der Waals surface area contributed by atoms with Crippen molar-refractivity contribution >= 4 is 109 Å². The normalized spacial score (nSPS) is 15.2. The molecule has 9 aromatic carbocycles. The zero-order chi connectivity index (χ0) is 80.9. The Morgan fingerprint density at radius 1 is 0.419 bits per heavy atom. The van der Waals surface area contributed by atoms with Gasteiger partial charge >= 0.3 is 17.9 Å². The molecule has 117 heavy (non-hydrogen) atoms. The number of aromatic nitrogens is 4. The lowest BCUT2D eigenvalue weighted by Gasteiger charge is -2.29. The third kappa shape index (κ3) is 18.9. The van der Waals surface area contributed by atoms with Crippen LogP contribution in [0.5, 0.6) is 0 Å². The number of fused-ring (bicyclic) bond motifs is 8. The number of carbonyl (C=O) groups excluding carboxylic acids is 6. The smallest absolute Gasteiger partial charge is 0.338 e. The molecule has 21 heteroatoms. The number of anilines is 2. The number of nitrogen functional groups attached to an aromatic ring is 1. The number of aromatic amines is 4. The second-order valence-electron chi connectivity index (χ2n) is 30.2. The van der Waals surface area contributed by atoms with Gasteiger partial charge in [-0.25, -0.2) is 14.4 Å². The fourth-order valence-corrected chi connectivity index (χ4v) is 17.4. The van der Waals surface area contributed by atoms with Gasteiger partial charge in [0.25, 0.3) is 5.91 Å². The highest BCUT2D eigenvalue weighted by molar-refractivity contribution is 6.06. The molecule has 0 saturated heterocycles. The molecule has 9 N–H and O–H groups in total. The lowest BCUT2D eigenvalue weighted by atomic mass is 10.0. The number of halogens is 1. The highest BCUT2D eigenvalue weighted by atomic mass is 35.5. The molecule has 0 radical (unpaired) electrons. The Bertz CT molecular complexity index is 5780. The number of carboxylic acids is 1. The van der Waals surface area contributed by atoms with E-state index in [1.807, 2.05) is 143 Å².